The highest BCUT2D eigenvalue weighted by Crippen LogP contribution is 2.36. The summed E-state index contributed by atoms with van der Waals surface area (Å²) in [7, 11) is -8.62. The molecule has 0 unspecified atom stereocenters. The van der Waals surface area contributed by atoms with Gasteiger partial charge in [0.2, 0.25) is 0 Å². The van der Waals surface area contributed by atoms with Gasteiger partial charge < -0.3 is 0 Å². The number of carbonyl (C=O) groups is 2. The molecule has 0 aromatic heterocycles. The fraction of sp³-hybridized carbons (Fsp3) is 0.235. The molecule has 0 aliphatic heterocycles. The van der Waals surface area contributed by atoms with Gasteiger partial charge in [-0.15, -0.1) is 0 Å². The lowest BCUT2D eigenvalue weighted by molar-refractivity contribution is 0.0974. The van der Waals surface area contributed by atoms with Gasteiger partial charge in [-0.3, -0.25) is 19.0 Å². The summed E-state index contributed by atoms with van der Waals surface area (Å²) in [6.07, 6.45) is 0. The van der Waals surface area contributed by atoms with Crippen LogP contribution < -0.4 is 9.44 Å². The molecule has 4 aromatic carbocycles. The standard InChI is InChI=1S/C34H34N2O6S2/c1-33(2,3)21-13-17-23(18-14-21)35-43(39,40)27-11-7-9-25-29(27)31(37)26-10-8-12-28(30(26)32(25)38)44(41,42)36-24-19-15-22(16-20-24)34(4,5)6/h7-20,35-36H,1-6H3. The molecule has 0 spiro atoms. The summed E-state index contributed by atoms with van der Waals surface area (Å²) in [6.45, 7) is 12.2. The van der Waals surface area contributed by atoms with Crippen molar-refractivity contribution in [1.29, 1.82) is 0 Å². The van der Waals surface area contributed by atoms with E-state index in [0.29, 0.717) is 11.4 Å². The Kier molecular flexibility index (Phi) is 7.58. The lowest BCUT2D eigenvalue weighted by Crippen LogP contribution is -2.28. The molecule has 0 fully saturated rings. The Bertz CT molecular complexity index is 1870. The van der Waals surface area contributed by atoms with Gasteiger partial charge in [-0.1, -0.05) is 90.1 Å². The first kappa shape index (κ1) is 31.2. The lowest BCUT2D eigenvalue weighted by Gasteiger charge is -2.23. The second-order valence-electron chi connectivity index (χ2n) is 12.9. The molecule has 44 heavy (non-hydrogen) atoms. The highest BCUT2D eigenvalue weighted by atomic mass is 32.2. The molecule has 228 valence electrons. The zero-order valence-corrected chi connectivity index (χ0v) is 27.0. The number of benzene rings is 4. The molecule has 1 aliphatic carbocycles. The summed E-state index contributed by atoms with van der Waals surface area (Å²) < 4.78 is 59.2. The Balaban J connectivity index is 1.52. The molecular weight excluding hydrogens is 597 g/mol. The second kappa shape index (κ2) is 10.7. The summed E-state index contributed by atoms with van der Waals surface area (Å²) >= 11 is 0. The van der Waals surface area contributed by atoms with E-state index in [1.54, 1.807) is 24.3 Å². The predicted molar refractivity (Wildman–Crippen MR) is 172 cm³/mol. The van der Waals surface area contributed by atoms with Gasteiger partial charge in [0.25, 0.3) is 20.0 Å². The minimum absolute atomic E-state index is 0.130. The van der Waals surface area contributed by atoms with E-state index in [0.717, 1.165) is 11.1 Å². The van der Waals surface area contributed by atoms with Crippen LogP contribution in [-0.2, 0) is 30.9 Å². The molecule has 4 aromatic rings. The summed E-state index contributed by atoms with van der Waals surface area (Å²) in [6, 6.07) is 21.7. The summed E-state index contributed by atoms with van der Waals surface area (Å²) in [5, 5.41) is 0. The van der Waals surface area contributed by atoms with Crippen LogP contribution in [0.5, 0.6) is 0 Å². The molecule has 10 heteroatoms. The van der Waals surface area contributed by atoms with Gasteiger partial charge in [-0.25, -0.2) is 16.8 Å². The lowest BCUT2D eigenvalue weighted by atomic mass is 9.84. The third-order valence-corrected chi connectivity index (χ3v) is 10.4. The number of hydrogen-bond donors (Lipinski definition) is 2. The Morgan fingerprint density at radius 3 is 1.09 bits per heavy atom. The highest BCUT2D eigenvalue weighted by Gasteiger charge is 2.38. The molecule has 8 nitrogen and oxygen atoms in total. The minimum Gasteiger partial charge on any atom is -0.289 e. The number of sulfonamides is 2. The van der Waals surface area contributed by atoms with E-state index in [4.69, 9.17) is 0 Å². The van der Waals surface area contributed by atoms with E-state index in [-0.39, 0.29) is 42.9 Å². The Morgan fingerprint density at radius 1 is 0.477 bits per heavy atom. The molecule has 0 amide bonds. The van der Waals surface area contributed by atoms with E-state index in [9.17, 15) is 26.4 Å². The predicted octanol–water partition coefficient (Wildman–Crippen LogP) is 6.66. The Hall–Kier alpha value is -4.28. The summed E-state index contributed by atoms with van der Waals surface area (Å²) in [5.41, 5.74) is 1.36. The minimum atomic E-state index is -4.31. The SMILES string of the molecule is CC(C)(C)c1ccc(NS(=O)(=O)c2cccc3c2C(=O)c2cccc(S(=O)(=O)Nc4ccc(C(C)(C)C)cc4)c2C3=O)cc1. The van der Waals surface area contributed by atoms with Gasteiger partial charge in [0.1, 0.15) is 0 Å². The van der Waals surface area contributed by atoms with Crippen LogP contribution in [0.15, 0.2) is 94.7 Å². The number of carbonyl (C=O) groups excluding carboxylic acids is 2. The summed E-state index contributed by atoms with van der Waals surface area (Å²) in [4.78, 5) is 26.9. The fourth-order valence-corrected chi connectivity index (χ4v) is 7.69. The number of nitrogens with one attached hydrogen (secondary N) is 2. The maximum absolute atomic E-state index is 13.8. The average molecular weight is 631 g/mol. The number of anilines is 2. The maximum atomic E-state index is 13.8. The molecule has 5 rings (SSSR count). The van der Waals surface area contributed by atoms with Crippen molar-refractivity contribution >= 4 is 43.0 Å². The number of ketones is 2. The van der Waals surface area contributed by atoms with Crippen molar-refractivity contribution in [2.45, 2.75) is 62.2 Å². The van der Waals surface area contributed by atoms with Crippen molar-refractivity contribution in [3.05, 3.63) is 118 Å². The van der Waals surface area contributed by atoms with E-state index in [2.05, 4.69) is 9.44 Å². The van der Waals surface area contributed by atoms with Crippen LogP contribution in [0.4, 0.5) is 11.4 Å². The van der Waals surface area contributed by atoms with Gasteiger partial charge in [0.05, 0.1) is 20.9 Å². The van der Waals surface area contributed by atoms with Crippen LogP contribution in [0.2, 0.25) is 0 Å². The number of hydrogen-bond acceptors (Lipinski definition) is 6. The quantitative estimate of drug-likeness (QED) is 0.216. The molecule has 2 N–H and O–H groups in total. The summed E-state index contributed by atoms with van der Waals surface area (Å²) in [5.74, 6) is -1.52. The van der Waals surface area contributed by atoms with Crippen molar-refractivity contribution in [2.75, 3.05) is 9.44 Å². The van der Waals surface area contributed by atoms with Crippen LogP contribution >= 0.6 is 0 Å². The largest absolute Gasteiger partial charge is 0.289 e. The van der Waals surface area contributed by atoms with Gasteiger partial charge >= 0.3 is 0 Å². The van der Waals surface area contributed by atoms with E-state index in [1.165, 1.54) is 36.4 Å². The molecule has 0 bridgehead atoms. The van der Waals surface area contributed by atoms with Crippen molar-refractivity contribution in [2.24, 2.45) is 0 Å². The van der Waals surface area contributed by atoms with Gasteiger partial charge in [0, 0.05) is 22.5 Å². The molecule has 0 atom stereocenters. The average Bonchev–Trinajstić information content (AvgIpc) is 2.94. The number of rotatable bonds is 6. The van der Waals surface area contributed by atoms with Crippen molar-refractivity contribution in [3.63, 3.8) is 0 Å². The van der Waals surface area contributed by atoms with Crippen molar-refractivity contribution < 1.29 is 26.4 Å². The zero-order valence-electron chi connectivity index (χ0n) is 25.3. The van der Waals surface area contributed by atoms with Gasteiger partial charge in [-0.2, -0.15) is 0 Å². The van der Waals surface area contributed by atoms with E-state index in [1.807, 2.05) is 65.8 Å². The first-order valence-corrected chi connectivity index (χ1v) is 17.0. The second-order valence-corrected chi connectivity index (χ2v) is 16.2. The highest BCUT2D eigenvalue weighted by molar-refractivity contribution is 7.93. The molecule has 0 saturated carbocycles. The first-order chi connectivity index (χ1) is 20.4. The smallest absolute Gasteiger partial charge is 0.262 e. The topological polar surface area (TPSA) is 126 Å². The molecule has 1 aliphatic rings. The first-order valence-electron chi connectivity index (χ1n) is 14.0. The molecule has 0 heterocycles. The van der Waals surface area contributed by atoms with Crippen molar-refractivity contribution in [3.8, 4) is 0 Å². The zero-order chi connectivity index (χ0) is 32.2. The van der Waals surface area contributed by atoms with Crippen LogP contribution in [0.1, 0.15) is 84.5 Å². The number of fused-ring (bicyclic) bond motifs is 2. The van der Waals surface area contributed by atoms with Crippen LogP contribution in [0, 0.1) is 0 Å². The third kappa shape index (κ3) is 5.79. The van der Waals surface area contributed by atoms with Crippen LogP contribution in [0.3, 0.4) is 0 Å². The van der Waals surface area contributed by atoms with Crippen molar-refractivity contribution in [1.82, 2.24) is 0 Å². The Labute approximate surface area is 258 Å². The van der Waals surface area contributed by atoms with E-state index < -0.39 is 31.6 Å². The van der Waals surface area contributed by atoms with Crippen LogP contribution in [0.25, 0.3) is 0 Å². The third-order valence-electron chi connectivity index (χ3n) is 7.58. The maximum Gasteiger partial charge on any atom is 0.262 e. The Morgan fingerprint density at radius 2 is 0.795 bits per heavy atom. The molecule has 0 radical (unpaired) electrons. The molecular formula is C34H34N2O6S2. The van der Waals surface area contributed by atoms with Gasteiger partial charge in [-0.05, 0) is 58.4 Å². The molecule has 0 saturated heterocycles. The fourth-order valence-electron chi connectivity index (χ4n) is 5.12. The normalized spacial score (nSPS) is 13.7. The van der Waals surface area contributed by atoms with Crippen LogP contribution in [-0.4, -0.2) is 28.4 Å². The van der Waals surface area contributed by atoms with E-state index >= 15 is 0 Å². The van der Waals surface area contributed by atoms with Gasteiger partial charge in [0.15, 0.2) is 11.6 Å². The monoisotopic (exact) mass is 630 g/mol.